The van der Waals surface area contributed by atoms with Crippen LogP contribution >= 0.6 is 0 Å². The lowest BCUT2D eigenvalue weighted by Crippen LogP contribution is -2.44. The van der Waals surface area contributed by atoms with Crippen LogP contribution in [-0.4, -0.2) is 68.5 Å². The number of carbonyl (C=O) groups excluding carboxylic acids is 2. The number of alkyl halides is 3. The number of pyridine rings is 1. The standard InChI is InChI=1S/C32H32F3N7O4/c1-3-46-22-14-17(29(43)39-23-15-19(8-11-37-23)32(33,34)35)4-6-20(22)24-25-27(36)38-12-13-41(25)28(40-24)18-5-7-21-26(45-2)31(9-10-31)30(44)42(21)16-18/h4,6,8,11-15,18,21,26H,3,5,7,9-10,16H2,1-2H3,(H2,36,38)(H,37,39,43)/t18-,21+,26-/m1/s1. The summed E-state index contributed by atoms with van der Waals surface area (Å²) in [5.41, 5.74) is 6.86. The number of piperidine rings is 1. The first-order valence-corrected chi connectivity index (χ1v) is 15.1. The van der Waals surface area contributed by atoms with Gasteiger partial charge < -0.3 is 25.4 Å². The molecule has 0 unspecified atom stereocenters. The van der Waals surface area contributed by atoms with E-state index in [1.165, 1.54) is 12.1 Å². The first kappa shape index (κ1) is 30.0. The summed E-state index contributed by atoms with van der Waals surface area (Å²) in [6, 6.07) is 6.35. The highest BCUT2D eigenvalue weighted by Crippen LogP contribution is 2.59. The molecular formula is C32H32F3N7O4. The van der Waals surface area contributed by atoms with Gasteiger partial charge in [0, 0.05) is 49.3 Å². The van der Waals surface area contributed by atoms with Crippen molar-refractivity contribution in [3.8, 4) is 17.0 Å². The number of nitrogens with zero attached hydrogens (tertiary/aromatic N) is 5. The molecule has 240 valence electrons. The third-order valence-corrected chi connectivity index (χ3v) is 9.35. The van der Waals surface area contributed by atoms with Crippen LogP contribution in [0.3, 0.4) is 0 Å². The van der Waals surface area contributed by atoms with Crippen LogP contribution < -0.4 is 15.8 Å². The Labute approximate surface area is 261 Å². The van der Waals surface area contributed by atoms with Crippen molar-refractivity contribution < 1.29 is 32.2 Å². The zero-order chi connectivity index (χ0) is 32.4. The molecule has 2 amide bonds. The summed E-state index contributed by atoms with van der Waals surface area (Å²) in [5, 5.41) is 2.43. The lowest BCUT2D eigenvalue weighted by Gasteiger charge is -2.36. The van der Waals surface area contributed by atoms with E-state index in [1.54, 1.807) is 32.5 Å². The predicted molar refractivity (Wildman–Crippen MR) is 161 cm³/mol. The highest BCUT2D eigenvalue weighted by molar-refractivity contribution is 6.04. The molecular weight excluding hydrogens is 603 g/mol. The highest BCUT2D eigenvalue weighted by Gasteiger charge is 2.67. The molecule has 4 aromatic rings. The van der Waals surface area contributed by atoms with E-state index in [0.717, 1.165) is 49.8 Å². The zero-order valence-electron chi connectivity index (χ0n) is 25.2. The van der Waals surface area contributed by atoms with Crippen LogP contribution in [0.2, 0.25) is 0 Å². The van der Waals surface area contributed by atoms with Gasteiger partial charge in [0.05, 0.1) is 29.7 Å². The number of benzene rings is 1. The van der Waals surface area contributed by atoms with Gasteiger partial charge in [-0.3, -0.25) is 14.0 Å². The quantitative estimate of drug-likeness (QED) is 0.292. The highest BCUT2D eigenvalue weighted by atomic mass is 19.4. The number of hydrogen-bond acceptors (Lipinski definition) is 8. The molecule has 3 aliphatic rings. The molecule has 14 heteroatoms. The molecule has 46 heavy (non-hydrogen) atoms. The maximum atomic E-state index is 13.5. The van der Waals surface area contributed by atoms with Crippen molar-refractivity contribution in [3.05, 3.63) is 65.9 Å². The second-order valence-electron chi connectivity index (χ2n) is 12.0. The summed E-state index contributed by atoms with van der Waals surface area (Å²) in [6.45, 7) is 2.57. The van der Waals surface area contributed by atoms with E-state index in [-0.39, 0.29) is 53.2 Å². The molecule has 0 radical (unpaired) electrons. The first-order valence-electron chi connectivity index (χ1n) is 15.1. The lowest BCUT2D eigenvalue weighted by atomic mass is 9.89. The number of aromatic nitrogens is 4. The molecule has 7 rings (SSSR count). The number of nitrogen functional groups attached to an aromatic ring is 1. The van der Waals surface area contributed by atoms with E-state index in [0.29, 0.717) is 29.1 Å². The second-order valence-corrected chi connectivity index (χ2v) is 12.0. The van der Waals surface area contributed by atoms with Crippen molar-refractivity contribution in [1.82, 2.24) is 24.3 Å². The predicted octanol–water partition coefficient (Wildman–Crippen LogP) is 4.93. The summed E-state index contributed by atoms with van der Waals surface area (Å²) in [4.78, 5) is 41.8. The average molecular weight is 636 g/mol. The van der Waals surface area contributed by atoms with E-state index in [4.69, 9.17) is 20.2 Å². The SMILES string of the molecule is CCOc1cc(C(=O)Nc2cc(C(F)(F)F)ccn2)ccc1-c1nc([C@@H]2CC[C@H]3[C@@H](OC)C4(CC4)C(=O)N3C2)n2ccnc(N)c12. The Hall–Kier alpha value is -4.72. The number of carbonyl (C=O) groups is 2. The van der Waals surface area contributed by atoms with Crippen molar-refractivity contribution >= 4 is 29.0 Å². The van der Waals surface area contributed by atoms with Gasteiger partial charge in [0.15, 0.2) is 0 Å². The van der Waals surface area contributed by atoms with Crippen molar-refractivity contribution in [1.29, 1.82) is 0 Å². The minimum absolute atomic E-state index is 0.0445. The van der Waals surface area contributed by atoms with Gasteiger partial charge >= 0.3 is 6.18 Å². The van der Waals surface area contributed by atoms with Crippen molar-refractivity contribution in [2.75, 3.05) is 31.3 Å². The number of nitrogens with two attached hydrogens (primary N) is 1. The maximum absolute atomic E-state index is 13.5. The van der Waals surface area contributed by atoms with Crippen LogP contribution in [0.4, 0.5) is 24.8 Å². The van der Waals surface area contributed by atoms with Crippen LogP contribution in [-0.2, 0) is 15.7 Å². The Morgan fingerprint density at radius 3 is 2.67 bits per heavy atom. The molecule has 3 fully saturated rings. The molecule has 1 saturated carbocycles. The third-order valence-electron chi connectivity index (χ3n) is 9.35. The number of methoxy groups -OCH3 is 1. The van der Waals surface area contributed by atoms with E-state index in [2.05, 4.69) is 15.3 Å². The van der Waals surface area contributed by atoms with Crippen LogP contribution in [0, 0.1) is 5.41 Å². The molecule has 2 aliphatic heterocycles. The summed E-state index contributed by atoms with van der Waals surface area (Å²) in [6.07, 6.45) is 2.99. The van der Waals surface area contributed by atoms with E-state index in [9.17, 15) is 22.8 Å². The molecule has 3 aromatic heterocycles. The Kier molecular flexibility index (Phi) is 7.14. The molecule has 3 atom stereocenters. The van der Waals surface area contributed by atoms with Gasteiger partial charge in [-0.05, 0) is 62.9 Å². The van der Waals surface area contributed by atoms with Crippen LogP contribution in [0.15, 0.2) is 48.9 Å². The van der Waals surface area contributed by atoms with Gasteiger partial charge in [0.25, 0.3) is 5.91 Å². The largest absolute Gasteiger partial charge is 0.493 e. The molecule has 1 aliphatic carbocycles. The number of nitrogens with one attached hydrogen (secondary N) is 1. The number of amides is 2. The molecule has 5 heterocycles. The third kappa shape index (κ3) is 4.82. The minimum Gasteiger partial charge on any atom is -0.493 e. The summed E-state index contributed by atoms with van der Waals surface area (Å²) in [5.74, 6) is 0.500. The molecule has 11 nitrogen and oxygen atoms in total. The fourth-order valence-corrected chi connectivity index (χ4v) is 7.10. The summed E-state index contributed by atoms with van der Waals surface area (Å²) in [7, 11) is 1.69. The second kappa shape index (κ2) is 11.0. The Morgan fingerprint density at radius 1 is 1.15 bits per heavy atom. The van der Waals surface area contributed by atoms with Crippen LogP contribution in [0.1, 0.15) is 60.3 Å². The van der Waals surface area contributed by atoms with Gasteiger partial charge in [0.1, 0.15) is 34.4 Å². The van der Waals surface area contributed by atoms with Crippen molar-refractivity contribution in [2.24, 2.45) is 5.41 Å². The van der Waals surface area contributed by atoms with Gasteiger partial charge in [-0.15, -0.1) is 0 Å². The fourth-order valence-electron chi connectivity index (χ4n) is 7.10. The number of imidazole rings is 1. The number of ether oxygens (including phenoxy) is 2. The number of anilines is 2. The van der Waals surface area contributed by atoms with Gasteiger partial charge in [0.2, 0.25) is 5.91 Å². The maximum Gasteiger partial charge on any atom is 0.416 e. The Morgan fingerprint density at radius 2 is 1.96 bits per heavy atom. The van der Waals surface area contributed by atoms with E-state index < -0.39 is 17.6 Å². The first-order chi connectivity index (χ1) is 22.1. The Bertz CT molecular complexity index is 1860. The fraction of sp³-hybridized carbons (Fsp3) is 0.406. The number of hydrogen-bond donors (Lipinski definition) is 2. The van der Waals surface area contributed by atoms with Crippen LogP contribution in [0.5, 0.6) is 5.75 Å². The molecule has 1 spiro atoms. The zero-order valence-corrected chi connectivity index (χ0v) is 25.2. The minimum atomic E-state index is -4.58. The van der Waals surface area contributed by atoms with Gasteiger partial charge in [-0.2, -0.15) is 13.2 Å². The molecule has 3 N–H and O–H groups in total. The van der Waals surface area contributed by atoms with Crippen molar-refractivity contribution in [3.63, 3.8) is 0 Å². The monoisotopic (exact) mass is 635 g/mol. The topological polar surface area (TPSA) is 137 Å². The number of rotatable bonds is 7. The van der Waals surface area contributed by atoms with Crippen molar-refractivity contribution in [2.45, 2.75) is 56.8 Å². The summed E-state index contributed by atoms with van der Waals surface area (Å²) < 4.78 is 53.2. The number of fused-ring (bicyclic) bond motifs is 2. The molecule has 2 saturated heterocycles. The molecule has 1 aromatic carbocycles. The van der Waals surface area contributed by atoms with E-state index >= 15 is 0 Å². The Balaban J connectivity index is 1.22. The lowest BCUT2D eigenvalue weighted by molar-refractivity contribution is -0.137. The van der Waals surface area contributed by atoms with Crippen LogP contribution in [0.25, 0.3) is 16.8 Å². The summed E-state index contributed by atoms with van der Waals surface area (Å²) >= 11 is 0. The molecule has 0 bridgehead atoms. The average Bonchev–Trinajstić information content (AvgIpc) is 3.68. The van der Waals surface area contributed by atoms with E-state index in [1.807, 2.05) is 9.30 Å². The van der Waals surface area contributed by atoms with Gasteiger partial charge in [-0.1, -0.05) is 0 Å². The van der Waals surface area contributed by atoms with Gasteiger partial charge in [-0.25, -0.2) is 15.0 Å². The number of halogens is 3. The smallest absolute Gasteiger partial charge is 0.416 e. The normalized spacial score (nSPS) is 21.9.